The SMILES string of the molecule is Cc1cn(-c2nccc(=O)[nH]2)nc1C(C)C. The van der Waals surface area contributed by atoms with Crippen LogP contribution in [0, 0.1) is 6.92 Å². The van der Waals surface area contributed by atoms with Gasteiger partial charge in [-0.3, -0.25) is 9.78 Å². The highest BCUT2D eigenvalue weighted by molar-refractivity contribution is 5.22. The largest absolute Gasteiger partial charge is 0.291 e. The van der Waals surface area contributed by atoms with Gasteiger partial charge in [-0.15, -0.1) is 0 Å². The number of hydrogen-bond acceptors (Lipinski definition) is 3. The molecule has 0 bridgehead atoms. The van der Waals surface area contributed by atoms with Crippen molar-refractivity contribution < 1.29 is 0 Å². The summed E-state index contributed by atoms with van der Waals surface area (Å²) in [5.41, 5.74) is 1.94. The summed E-state index contributed by atoms with van der Waals surface area (Å²) in [5, 5.41) is 4.40. The van der Waals surface area contributed by atoms with E-state index in [1.165, 1.54) is 12.3 Å². The molecule has 1 N–H and O–H groups in total. The second-order valence-electron chi connectivity index (χ2n) is 4.05. The first-order chi connectivity index (χ1) is 7.58. The molecule has 5 nitrogen and oxygen atoms in total. The fraction of sp³-hybridized carbons (Fsp3) is 0.364. The monoisotopic (exact) mass is 218 g/mol. The minimum atomic E-state index is -0.177. The van der Waals surface area contributed by atoms with Crippen LogP contribution in [0.4, 0.5) is 0 Å². The fourth-order valence-corrected chi connectivity index (χ4v) is 1.63. The molecule has 0 aliphatic rings. The van der Waals surface area contributed by atoms with Gasteiger partial charge in [-0.05, 0) is 18.4 Å². The third-order valence-electron chi connectivity index (χ3n) is 2.36. The Kier molecular flexibility index (Phi) is 2.60. The Morgan fingerprint density at radius 2 is 2.19 bits per heavy atom. The van der Waals surface area contributed by atoms with E-state index in [4.69, 9.17) is 0 Å². The maximum Gasteiger partial charge on any atom is 0.252 e. The molecule has 16 heavy (non-hydrogen) atoms. The summed E-state index contributed by atoms with van der Waals surface area (Å²) in [5.74, 6) is 0.805. The third-order valence-corrected chi connectivity index (χ3v) is 2.36. The molecule has 2 heterocycles. The first-order valence-corrected chi connectivity index (χ1v) is 5.20. The van der Waals surface area contributed by atoms with E-state index in [0.717, 1.165) is 11.3 Å². The summed E-state index contributed by atoms with van der Waals surface area (Å²) in [6.07, 6.45) is 3.34. The summed E-state index contributed by atoms with van der Waals surface area (Å²) < 4.78 is 1.60. The van der Waals surface area contributed by atoms with Gasteiger partial charge in [0.05, 0.1) is 5.69 Å². The van der Waals surface area contributed by atoms with Gasteiger partial charge in [-0.25, -0.2) is 9.67 Å². The lowest BCUT2D eigenvalue weighted by Gasteiger charge is -2.00. The number of nitrogens with one attached hydrogen (secondary N) is 1. The zero-order chi connectivity index (χ0) is 11.7. The number of hydrogen-bond donors (Lipinski definition) is 1. The smallest absolute Gasteiger partial charge is 0.252 e. The molecule has 0 saturated carbocycles. The number of H-pyrrole nitrogens is 1. The van der Waals surface area contributed by atoms with Crippen molar-refractivity contribution in [3.63, 3.8) is 0 Å². The van der Waals surface area contributed by atoms with E-state index < -0.39 is 0 Å². The molecule has 0 aromatic carbocycles. The maximum absolute atomic E-state index is 11.2. The molecule has 0 saturated heterocycles. The molecule has 2 aromatic rings. The van der Waals surface area contributed by atoms with Gasteiger partial charge in [0.2, 0.25) is 5.95 Å². The molecule has 0 radical (unpaired) electrons. The highest BCUT2D eigenvalue weighted by atomic mass is 16.1. The van der Waals surface area contributed by atoms with E-state index in [0.29, 0.717) is 11.9 Å². The van der Waals surface area contributed by atoms with Crippen LogP contribution in [-0.2, 0) is 0 Å². The molecule has 0 fully saturated rings. The van der Waals surface area contributed by atoms with Crippen LogP contribution in [0.25, 0.3) is 5.95 Å². The molecule has 0 atom stereocenters. The van der Waals surface area contributed by atoms with Gasteiger partial charge in [0, 0.05) is 18.5 Å². The Morgan fingerprint density at radius 1 is 1.44 bits per heavy atom. The summed E-state index contributed by atoms with van der Waals surface area (Å²) in [7, 11) is 0. The van der Waals surface area contributed by atoms with Crippen molar-refractivity contribution in [2.75, 3.05) is 0 Å². The Bertz CT molecular complexity index is 553. The van der Waals surface area contributed by atoms with Crippen molar-refractivity contribution in [2.45, 2.75) is 26.7 Å². The van der Waals surface area contributed by atoms with E-state index in [1.54, 1.807) is 4.68 Å². The lowest BCUT2D eigenvalue weighted by Crippen LogP contribution is -2.11. The van der Waals surface area contributed by atoms with E-state index in [-0.39, 0.29) is 5.56 Å². The number of aryl methyl sites for hydroxylation is 1. The zero-order valence-electron chi connectivity index (χ0n) is 9.56. The Morgan fingerprint density at radius 3 is 2.75 bits per heavy atom. The molecule has 2 rings (SSSR count). The van der Waals surface area contributed by atoms with Crippen molar-refractivity contribution in [2.24, 2.45) is 0 Å². The van der Waals surface area contributed by atoms with Gasteiger partial charge in [0.15, 0.2) is 0 Å². The second-order valence-corrected chi connectivity index (χ2v) is 4.05. The molecule has 84 valence electrons. The Balaban J connectivity index is 2.49. The number of aromatic amines is 1. The van der Waals surface area contributed by atoms with Gasteiger partial charge in [-0.2, -0.15) is 5.10 Å². The van der Waals surface area contributed by atoms with Crippen LogP contribution >= 0.6 is 0 Å². The molecule has 0 aliphatic heterocycles. The zero-order valence-corrected chi connectivity index (χ0v) is 9.56. The predicted octanol–water partition coefficient (Wildman–Crippen LogP) is 1.39. The van der Waals surface area contributed by atoms with Crippen LogP contribution in [0.1, 0.15) is 31.0 Å². The summed E-state index contributed by atoms with van der Waals surface area (Å²) >= 11 is 0. The minimum Gasteiger partial charge on any atom is -0.291 e. The first kappa shape index (κ1) is 10.6. The van der Waals surface area contributed by atoms with E-state index >= 15 is 0 Å². The number of rotatable bonds is 2. The highest BCUT2D eigenvalue weighted by Crippen LogP contribution is 2.17. The molecular formula is C11H14N4O. The summed E-state index contributed by atoms with van der Waals surface area (Å²) in [6, 6.07) is 1.38. The lowest BCUT2D eigenvalue weighted by atomic mass is 10.1. The Labute approximate surface area is 93.2 Å². The van der Waals surface area contributed by atoms with E-state index in [2.05, 4.69) is 28.9 Å². The third kappa shape index (κ3) is 1.88. The van der Waals surface area contributed by atoms with E-state index in [1.807, 2.05) is 13.1 Å². The minimum absolute atomic E-state index is 0.177. The van der Waals surface area contributed by atoms with Crippen LogP contribution in [0.3, 0.4) is 0 Å². The number of aromatic nitrogens is 4. The average molecular weight is 218 g/mol. The van der Waals surface area contributed by atoms with Crippen molar-refractivity contribution >= 4 is 0 Å². The summed E-state index contributed by atoms with van der Waals surface area (Å²) in [6.45, 7) is 6.17. The first-order valence-electron chi connectivity index (χ1n) is 5.20. The van der Waals surface area contributed by atoms with Crippen molar-refractivity contribution in [3.05, 3.63) is 40.1 Å². The lowest BCUT2D eigenvalue weighted by molar-refractivity contribution is 0.738. The van der Waals surface area contributed by atoms with Crippen molar-refractivity contribution in [1.82, 2.24) is 19.7 Å². The molecular weight excluding hydrogens is 204 g/mol. The fourth-order valence-electron chi connectivity index (χ4n) is 1.63. The standard InChI is InChI=1S/C11H14N4O/c1-7(2)10-8(3)6-15(14-10)11-12-5-4-9(16)13-11/h4-7H,1-3H3,(H,12,13,16). The maximum atomic E-state index is 11.2. The van der Waals surface area contributed by atoms with Crippen LogP contribution in [0.15, 0.2) is 23.3 Å². The van der Waals surface area contributed by atoms with Gasteiger partial charge < -0.3 is 0 Å². The molecule has 0 spiro atoms. The molecule has 5 heteroatoms. The van der Waals surface area contributed by atoms with Gasteiger partial charge in [0.25, 0.3) is 5.56 Å². The van der Waals surface area contributed by atoms with Crippen LogP contribution in [0.2, 0.25) is 0 Å². The molecule has 2 aromatic heterocycles. The number of nitrogens with zero attached hydrogens (tertiary/aromatic N) is 3. The second kappa shape index (κ2) is 3.92. The average Bonchev–Trinajstić information content (AvgIpc) is 2.60. The Hall–Kier alpha value is -1.91. The quantitative estimate of drug-likeness (QED) is 0.828. The van der Waals surface area contributed by atoms with Crippen molar-refractivity contribution in [3.8, 4) is 5.95 Å². The molecule has 0 unspecified atom stereocenters. The van der Waals surface area contributed by atoms with Crippen LogP contribution in [-0.4, -0.2) is 19.7 Å². The van der Waals surface area contributed by atoms with Gasteiger partial charge in [0.1, 0.15) is 0 Å². The molecule has 0 amide bonds. The van der Waals surface area contributed by atoms with Gasteiger partial charge >= 0.3 is 0 Å². The topological polar surface area (TPSA) is 63.6 Å². The van der Waals surface area contributed by atoms with E-state index in [9.17, 15) is 4.79 Å². The van der Waals surface area contributed by atoms with Gasteiger partial charge in [-0.1, -0.05) is 13.8 Å². The summed E-state index contributed by atoms with van der Waals surface area (Å²) in [4.78, 5) is 17.9. The molecule has 0 aliphatic carbocycles. The normalized spacial score (nSPS) is 11.0. The van der Waals surface area contributed by atoms with Crippen LogP contribution < -0.4 is 5.56 Å². The predicted molar refractivity (Wildman–Crippen MR) is 60.8 cm³/mol. The van der Waals surface area contributed by atoms with Crippen LogP contribution in [0.5, 0.6) is 0 Å². The highest BCUT2D eigenvalue weighted by Gasteiger charge is 2.10. The van der Waals surface area contributed by atoms with Crippen molar-refractivity contribution in [1.29, 1.82) is 0 Å².